The molecule has 0 heteroatoms. The monoisotopic (exact) mass is 301 g/mol. The van der Waals surface area contributed by atoms with Gasteiger partial charge in [0, 0.05) is 0 Å². The lowest BCUT2D eigenvalue weighted by Crippen LogP contribution is -2.46. The molecule has 1 aromatic rings. The normalized spacial score (nSPS) is 39.2. The van der Waals surface area contributed by atoms with E-state index in [4.69, 9.17) is 0 Å². The van der Waals surface area contributed by atoms with Crippen molar-refractivity contribution in [1.29, 1.82) is 0 Å². The molecule has 0 amide bonds. The summed E-state index contributed by atoms with van der Waals surface area (Å²) in [5.41, 5.74) is 4.72. The van der Waals surface area contributed by atoms with Crippen molar-refractivity contribution in [3.63, 3.8) is 0 Å². The average molecular weight is 301 g/mol. The number of hydrogen-bond acceptors (Lipinski definition) is 0. The largest absolute Gasteiger partial charge is 0.0722 e. The Morgan fingerprint density at radius 1 is 0.913 bits per heavy atom. The van der Waals surface area contributed by atoms with Crippen LogP contribution in [0.4, 0.5) is 0 Å². The molecule has 4 fully saturated rings. The van der Waals surface area contributed by atoms with Crippen molar-refractivity contribution in [3.05, 3.63) is 71.3 Å². The van der Waals surface area contributed by atoms with Crippen LogP contribution in [0.25, 0.3) is 0 Å². The van der Waals surface area contributed by atoms with Crippen molar-refractivity contribution >= 4 is 0 Å². The topological polar surface area (TPSA) is 0 Å². The smallest absolute Gasteiger partial charge is 0.00327 e. The molecule has 4 saturated carbocycles. The molecule has 0 aromatic heterocycles. The fourth-order valence-electron chi connectivity index (χ4n) is 6.12. The van der Waals surface area contributed by atoms with Crippen LogP contribution in [0.3, 0.4) is 0 Å². The zero-order valence-corrected chi connectivity index (χ0v) is 13.8. The van der Waals surface area contributed by atoms with Crippen LogP contribution in [0.5, 0.6) is 0 Å². The Hall–Kier alpha value is -1.56. The number of rotatable bonds is 3. The summed E-state index contributed by atoms with van der Waals surface area (Å²) in [6.07, 6.45) is 20.7. The summed E-state index contributed by atoms with van der Waals surface area (Å²) in [5.74, 6) is 3.05. The molecule has 117 valence electrons. The number of allylic oxidation sites excluding steroid dienone is 6. The van der Waals surface area contributed by atoms with Crippen molar-refractivity contribution in [2.45, 2.75) is 44.9 Å². The minimum atomic E-state index is 0.494. The lowest BCUT2D eigenvalue weighted by molar-refractivity contribution is -0.0286. The minimum Gasteiger partial charge on any atom is -0.0722 e. The fraction of sp³-hybridized carbons (Fsp3) is 0.478. The predicted molar refractivity (Wildman–Crippen MR) is 94.7 cm³/mol. The molecule has 1 radical (unpaired) electrons. The van der Waals surface area contributed by atoms with E-state index in [1.165, 1.54) is 55.2 Å². The maximum absolute atomic E-state index is 3.78. The van der Waals surface area contributed by atoms with Gasteiger partial charge in [0.1, 0.15) is 0 Å². The predicted octanol–water partition coefficient (Wildman–Crippen LogP) is 5.67. The zero-order chi connectivity index (χ0) is 15.3. The Morgan fingerprint density at radius 2 is 1.57 bits per heavy atom. The van der Waals surface area contributed by atoms with Crippen LogP contribution < -0.4 is 0 Å². The van der Waals surface area contributed by atoms with Crippen molar-refractivity contribution in [3.8, 4) is 0 Å². The second-order valence-electron chi connectivity index (χ2n) is 8.42. The third-order valence-corrected chi connectivity index (χ3v) is 6.72. The van der Waals surface area contributed by atoms with Gasteiger partial charge in [0.05, 0.1) is 0 Å². The first-order valence-corrected chi connectivity index (χ1v) is 9.36. The van der Waals surface area contributed by atoms with Crippen LogP contribution in [0.2, 0.25) is 0 Å². The Labute approximate surface area is 140 Å². The molecule has 0 nitrogen and oxygen atoms in total. The molecular weight excluding hydrogens is 276 g/mol. The summed E-state index contributed by atoms with van der Waals surface area (Å²) in [6.45, 7) is 0. The first-order valence-electron chi connectivity index (χ1n) is 9.36. The molecule has 0 N–H and O–H groups in total. The second-order valence-corrected chi connectivity index (χ2v) is 8.42. The van der Waals surface area contributed by atoms with Gasteiger partial charge in [-0.25, -0.2) is 0 Å². The van der Waals surface area contributed by atoms with Crippen molar-refractivity contribution in [2.75, 3.05) is 0 Å². The fourth-order valence-corrected chi connectivity index (χ4v) is 6.12. The van der Waals surface area contributed by atoms with Crippen LogP contribution >= 0.6 is 0 Å². The van der Waals surface area contributed by atoms with Gasteiger partial charge >= 0.3 is 0 Å². The summed E-state index contributed by atoms with van der Waals surface area (Å²) in [7, 11) is 0. The van der Waals surface area contributed by atoms with Crippen LogP contribution in [0.15, 0.2) is 59.7 Å². The van der Waals surface area contributed by atoms with Crippen LogP contribution in [0.1, 0.15) is 44.1 Å². The van der Waals surface area contributed by atoms with E-state index in [0.29, 0.717) is 5.41 Å². The van der Waals surface area contributed by atoms with Crippen LogP contribution in [-0.2, 0) is 6.42 Å². The molecule has 4 bridgehead atoms. The highest BCUT2D eigenvalue weighted by Gasteiger charge is 2.52. The van der Waals surface area contributed by atoms with Gasteiger partial charge in [0.15, 0.2) is 0 Å². The Bertz CT molecular complexity index is 651. The van der Waals surface area contributed by atoms with Gasteiger partial charge in [0.2, 0.25) is 0 Å². The van der Waals surface area contributed by atoms with E-state index in [9.17, 15) is 0 Å². The van der Waals surface area contributed by atoms with Gasteiger partial charge in [-0.2, -0.15) is 0 Å². The van der Waals surface area contributed by atoms with Crippen molar-refractivity contribution < 1.29 is 0 Å². The first kappa shape index (κ1) is 13.8. The zero-order valence-electron chi connectivity index (χ0n) is 13.8. The van der Waals surface area contributed by atoms with E-state index in [0.717, 1.165) is 24.2 Å². The van der Waals surface area contributed by atoms with Gasteiger partial charge in [-0.1, -0.05) is 48.6 Å². The molecule has 6 rings (SSSR count). The molecule has 0 atom stereocenters. The highest BCUT2D eigenvalue weighted by molar-refractivity contribution is 5.46. The Kier molecular flexibility index (Phi) is 3.15. The molecule has 0 unspecified atom stereocenters. The SMILES string of the molecule is [C]1=C(C23CC4CC(CC(C4)C2)C3)C=CC1=CCc1ccccc1. The Morgan fingerprint density at radius 3 is 2.22 bits per heavy atom. The Balaban J connectivity index is 1.37. The third kappa shape index (κ3) is 2.43. The van der Waals surface area contributed by atoms with E-state index < -0.39 is 0 Å². The second kappa shape index (κ2) is 5.23. The maximum atomic E-state index is 3.78. The summed E-state index contributed by atoms with van der Waals surface area (Å²) in [6, 6.07) is 10.7. The molecule has 0 heterocycles. The summed E-state index contributed by atoms with van der Waals surface area (Å²) in [4.78, 5) is 0. The molecule has 5 aliphatic carbocycles. The number of benzene rings is 1. The minimum absolute atomic E-state index is 0.494. The molecule has 1 aromatic carbocycles. The quantitative estimate of drug-likeness (QED) is 0.674. The lowest BCUT2D eigenvalue weighted by Gasteiger charge is -2.57. The maximum Gasteiger partial charge on any atom is -0.00327 e. The number of hydrogen-bond donors (Lipinski definition) is 0. The molecule has 0 aliphatic heterocycles. The van der Waals surface area contributed by atoms with Gasteiger partial charge in [-0.3, -0.25) is 0 Å². The van der Waals surface area contributed by atoms with E-state index in [2.05, 4.69) is 54.6 Å². The highest BCUT2D eigenvalue weighted by atomic mass is 14.6. The molecule has 5 aliphatic rings. The van der Waals surface area contributed by atoms with E-state index in [1.54, 1.807) is 0 Å². The van der Waals surface area contributed by atoms with E-state index in [-0.39, 0.29) is 0 Å². The van der Waals surface area contributed by atoms with Gasteiger partial charge in [-0.05, 0) is 90.9 Å². The van der Waals surface area contributed by atoms with E-state index >= 15 is 0 Å². The molecule has 0 saturated heterocycles. The highest BCUT2D eigenvalue weighted by Crippen LogP contribution is 2.63. The molecule has 0 spiro atoms. The first-order chi connectivity index (χ1) is 11.3. The molecule has 23 heavy (non-hydrogen) atoms. The van der Waals surface area contributed by atoms with Gasteiger partial charge in [0.25, 0.3) is 0 Å². The van der Waals surface area contributed by atoms with E-state index in [1.807, 2.05) is 0 Å². The molecular formula is C23H25. The summed E-state index contributed by atoms with van der Waals surface area (Å²) < 4.78 is 0. The van der Waals surface area contributed by atoms with Crippen molar-refractivity contribution in [1.82, 2.24) is 0 Å². The standard InChI is InChI=1S/C23H25/c1-2-4-17(5-3-1)6-7-18-8-9-22(13-18)23-14-19-10-20(15-23)12-21(11-19)16-23/h1-5,7-9,19-21H,6,10-12,14-16H2. The lowest BCUT2D eigenvalue weighted by atomic mass is 9.48. The van der Waals surface area contributed by atoms with Crippen molar-refractivity contribution in [2.24, 2.45) is 23.2 Å². The van der Waals surface area contributed by atoms with Gasteiger partial charge < -0.3 is 0 Å². The third-order valence-electron chi connectivity index (χ3n) is 6.72. The summed E-state index contributed by atoms with van der Waals surface area (Å²) >= 11 is 0. The van der Waals surface area contributed by atoms with Crippen LogP contribution in [-0.4, -0.2) is 0 Å². The summed E-state index contributed by atoms with van der Waals surface area (Å²) in [5, 5.41) is 0. The van der Waals surface area contributed by atoms with Crippen LogP contribution in [0, 0.1) is 29.2 Å². The average Bonchev–Trinajstić information content (AvgIpc) is 3.02. The van der Waals surface area contributed by atoms with Gasteiger partial charge in [-0.15, -0.1) is 0 Å².